The van der Waals surface area contributed by atoms with Gasteiger partial charge in [0.05, 0.1) is 10.4 Å². The summed E-state index contributed by atoms with van der Waals surface area (Å²) in [5.74, 6) is 1.15. The highest BCUT2D eigenvalue weighted by Gasteiger charge is 2.16. The number of sulfone groups is 1. The first-order valence-corrected chi connectivity index (χ1v) is 7.51. The van der Waals surface area contributed by atoms with Gasteiger partial charge in [0.1, 0.15) is 11.3 Å². The fourth-order valence-corrected chi connectivity index (χ4v) is 2.58. The highest BCUT2D eigenvalue weighted by Crippen LogP contribution is 2.24. The third-order valence-electron chi connectivity index (χ3n) is 2.97. The van der Waals surface area contributed by atoms with E-state index in [4.69, 9.17) is 0 Å². The van der Waals surface area contributed by atoms with Crippen molar-refractivity contribution < 1.29 is 8.42 Å². The molecule has 0 bridgehead atoms. The second kappa shape index (κ2) is 4.14. The van der Waals surface area contributed by atoms with Crippen LogP contribution >= 0.6 is 0 Å². The van der Waals surface area contributed by atoms with Gasteiger partial charge in [0, 0.05) is 12.2 Å². The van der Waals surface area contributed by atoms with Gasteiger partial charge in [-0.15, -0.1) is 0 Å². The van der Waals surface area contributed by atoms with Crippen molar-refractivity contribution in [1.29, 1.82) is 0 Å². The van der Waals surface area contributed by atoms with E-state index in [0.29, 0.717) is 16.3 Å². The standard InChI is InChI=1S/C12H16N2O2S/c1-4-8(2)12-13-9-6-5-7-10(11(9)14-12)17(3,15)16/h5-8H,4H2,1-3H3,(H,13,14). The molecular weight excluding hydrogens is 236 g/mol. The van der Waals surface area contributed by atoms with E-state index < -0.39 is 9.84 Å². The molecule has 0 spiro atoms. The summed E-state index contributed by atoms with van der Waals surface area (Å²) >= 11 is 0. The molecule has 0 saturated carbocycles. The second-order valence-corrected chi connectivity index (χ2v) is 6.34. The number of hydrogen-bond donors (Lipinski definition) is 1. The van der Waals surface area contributed by atoms with Crippen molar-refractivity contribution in [2.45, 2.75) is 31.1 Å². The van der Waals surface area contributed by atoms with Crippen LogP contribution in [-0.2, 0) is 9.84 Å². The van der Waals surface area contributed by atoms with Crippen molar-refractivity contribution in [3.63, 3.8) is 0 Å². The van der Waals surface area contributed by atoms with Crippen LogP contribution in [0.5, 0.6) is 0 Å². The minimum Gasteiger partial charge on any atom is -0.342 e. The van der Waals surface area contributed by atoms with Crippen molar-refractivity contribution in [3.8, 4) is 0 Å². The van der Waals surface area contributed by atoms with Gasteiger partial charge in [-0.2, -0.15) is 0 Å². The van der Waals surface area contributed by atoms with E-state index >= 15 is 0 Å². The molecule has 2 rings (SSSR count). The Labute approximate surface area is 101 Å². The molecule has 92 valence electrons. The number of fused-ring (bicyclic) bond motifs is 1. The van der Waals surface area contributed by atoms with Gasteiger partial charge in [0.25, 0.3) is 0 Å². The third-order valence-corrected chi connectivity index (χ3v) is 4.10. The SMILES string of the molecule is CCC(C)c1nc2c(S(C)(=O)=O)cccc2[nH]1. The number of aromatic nitrogens is 2. The molecule has 0 radical (unpaired) electrons. The fraction of sp³-hybridized carbons (Fsp3) is 0.417. The average Bonchev–Trinajstić information content (AvgIpc) is 2.69. The predicted octanol–water partition coefficient (Wildman–Crippen LogP) is 2.48. The Balaban J connectivity index is 2.69. The van der Waals surface area contributed by atoms with Crippen LogP contribution in [0.15, 0.2) is 23.1 Å². The first kappa shape index (κ1) is 12.1. The highest BCUT2D eigenvalue weighted by molar-refractivity contribution is 7.91. The molecule has 0 amide bonds. The molecular formula is C12H16N2O2S. The molecule has 1 aromatic carbocycles. The molecule has 0 aliphatic heterocycles. The van der Waals surface area contributed by atoms with E-state index in [2.05, 4.69) is 23.8 Å². The summed E-state index contributed by atoms with van der Waals surface area (Å²) in [6.07, 6.45) is 2.17. The summed E-state index contributed by atoms with van der Waals surface area (Å²) < 4.78 is 23.3. The van der Waals surface area contributed by atoms with Crippen molar-refractivity contribution in [2.75, 3.05) is 6.26 Å². The average molecular weight is 252 g/mol. The van der Waals surface area contributed by atoms with Crippen molar-refractivity contribution in [2.24, 2.45) is 0 Å². The normalized spacial score (nSPS) is 14.1. The predicted molar refractivity (Wildman–Crippen MR) is 67.9 cm³/mol. The largest absolute Gasteiger partial charge is 0.342 e. The van der Waals surface area contributed by atoms with Crippen LogP contribution in [0.4, 0.5) is 0 Å². The lowest BCUT2D eigenvalue weighted by Crippen LogP contribution is -1.98. The minimum atomic E-state index is -3.23. The van der Waals surface area contributed by atoms with E-state index in [-0.39, 0.29) is 0 Å². The molecule has 1 unspecified atom stereocenters. The number of nitrogens with one attached hydrogen (secondary N) is 1. The number of benzene rings is 1. The maximum Gasteiger partial charge on any atom is 0.177 e. The van der Waals surface area contributed by atoms with Gasteiger partial charge < -0.3 is 4.98 Å². The van der Waals surface area contributed by atoms with Crippen LogP contribution in [0, 0.1) is 0 Å². The molecule has 17 heavy (non-hydrogen) atoms. The van der Waals surface area contributed by atoms with E-state index in [1.807, 2.05) is 6.07 Å². The Kier molecular flexibility index (Phi) is 2.95. The van der Waals surface area contributed by atoms with Crippen LogP contribution in [0.2, 0.25) is 0 Å². The summed E-state index contributed by atoms with van der Waals surface area (Å²) in [4.78, 5) is 7.89. The second-order valence-electron chi connectivity index (χ2n) is 4.36. The summed E-state index contributed by atoms with van der Waals surface area (Å²) in [6, 6.07) is 5.18. The molecule has 5 heteroatoms. The Morgan fingerprint density at radius 1 is 1.41 bits per heavy atom. The summed E-state index contributed by atoms with van der Waals surface area (Å²) in [6.45, 7) is 4.15. The van der Waals surface area contributed by atoms with Gasteiger partial charge in [-0.1, -0.05) is 19.9 Å². The molecule has 4 nitrogen and oxygen atoms in total. The van der Waals surface area contributed by atoms with Crippen molar-refractivity contribution in [3.05, 3.63) is 24.0 Å². The molecule has 1 atom stereocenters. The lowest BCUT2D eigenvalue weighted by atomic mass is 10.1. The maximum absolute atomic E-state index is 11.6. The van der Waals surface area contributed by atoms with Crippen LogP contribution in [0.3, 0.4) is 0 Å². The number of rotatable bonds is 3. The monoisotopic (exact) mass is 252 g/mol. The zero-order valence-electron chi connectivity index (χ0n) is 10.2. The van der Waals surface area contributed by atoms with E-state index in [1.54, 1.807) is 12.1 Å². The summed E-state index contributed by atoms with van der Waals surface area (Å²) in [7, 11) is -3.23. The zero-order chi connectivity index (χ0) is 12.6. The Hall–Kier alpha value is -1.36. The fourth-order valence-electron chi connectivity index (χ4n) is 1.75. The molecule has 1 N–H and O–H groups in total. The molecule has 0 aliphatic carbocycles. The number of imidazole rings is 1. The molecule has 0 saturated heterocycles. The molecule has 0 fully saturated rings. The number of para-hydroxylation sites is 1. The number of aromatic amines is 1. The van der Waals surface area contributed by atoms with Crippen molar-refractivity contribution in [1.82, 2.24) is 9.97 Å². The first-order chi connectivity index (χ1) is 7.93. The van der Waals surface area contributed by atoms with Gasteiger partial charge in [-0.05, 0) is 18.6 Å². The van der Waals surface area contributed by atoms with E-state index in [9.17, 15) is 8.42 Å². The van der Waals surface area contributed by atoms with E-state index in [1.165, 1.54) is 6.26 Å². The van der Waals surface area contributed by atoms with Gasteiger partial charge in [0.15, 0.2) is 9.84 Å². The van der Waals surface area contributed by atoms with E-state index in [0.717, 1.165) is 17.8 Å². The lowest BCUT2D eigenvalue weighted by Gasteiger charge is -2.01. The number of nitrogens with zero attached hydrogens (tertiary/aromatic N) is 1. The van der Waals surface area contributed by atoms with Crippen molar-refractivity contribution >= 4 is 20.9 Å². The van der Waals surface area contributed by atoms with Gasteiger partial charge in [0.2, 0.25) is 0 Å². The maximum atomic E-state index is 11.6. The highest BCUT2D eigenvalue weighted by atomic mass is 32.2. The van der Waals surface area contributed by atoms with Gasteiger partial charge in [-0.3, -0.25) is 0 Å². The summed E-state index contributed by atoms with van der Waals surface area (Å²) in [5.41, 5.74) is 1.33. The minimum absolute atomic E-state index is 0.292. The van der Waals surface area contributed by atoms with Crippen LogP contribution < -0.4 is 0 Å². The number of hydrogen-bond acceptors (Lipinski definition) is 3. The topological polar surface area (TPSA) is 62.8 Å². The lowest BCUT2D eigenvalue weighted by molar-refractivity contribution is 0.602. The third kappa shape index (κ3) is 2.20. The molecule has 1 heterocycles. The first-order valence-electron chi connectivity index (χ1n) is 5.62. The Morgan fingerprint density at radius 3 is 2.71 bits per heavy atom. The molecule has 0 aliphatic rings. The molecule has 1 aromatic heterocycles. The van der Waals surface area contributed by atoms with Gasteiger partial charge in [-0.25, -0.2) is 13.4 Å². The van der Waals surface area contributed by atoms with Crippen LogP contribution in [-0.4, -0.2) is 24.6 Å². The van der Waals surface area contributed by atoms with Crippen LogP contribution in [0.1, 0.15) is 32.0 Å². The van der Waals surface area contributed by atoms with Gasteiger partial charge >= 0.3 is 0 Å². The smallest absolute Gasteiger partial charge is 0.177 e. The van der Waals surface area contributed by atoms with Crippen LogP contribution in [0.25, 0.3) is 11.0 Å². The quantitative estimate of drug-likeness (QED) is 0.912. The Morgan fingerprint density at radius 2 is 2.12 bits per heavy atom. The Bertz CT molecular complexity index is 644. The molecule has 2 aromatic rings. The zero-order valence-corrected chi connectivity index (χ0v) is 11.0. The summed E-state index contributed by atoms with van der Waals surface area (Å²) in [5, 5.41) is 0. The number of H-pyrrole nitrogens is 1.